The Bertz CT molecular complexity index is 316. The molecular weight excluding hydrogens is 204 g/mol. The molecule has 0 fully saturated rings. The highest BCUT2D eigenvalue weighted by atomic mass is 35.5. The fourth-order valence-corrected chi connectivity index (χ4v) is 2.82. The maximum Gasteiger partial charge on any atom is 0.0479 e. The number of benzene rings is 1. The molecule has 0 spiro atoms. The number of hydrazine groups is 1. The van der Waals surface area contributed by atoms with Crippen molar-refractivity contribution in [2.24, 2.45) is 5.84 Å². The number of thioether (sulfide) groups is 1. The van der Waals surface area contributed by atoms with Crippen LogP contribution in [0.5, 0.6) is 0 Å². The van der Waals surface area contributed by atoms with E-state index >= 15 is 0 Å². The zero-order valence-electron chi connectivity index (χ0n) is 7.09. The van der Waals surface area contributed by atoms with E-state index in [9.17, 15) is 0 Å². The maximum atomic E-state index is 5.92. The quantitative estimate of drug-likeness (QED) is 0.557. The number of nitrogens with two attached hydrogens (primary N) is 1. The van der Waals surface area contributed by atoms with Gasteiger partial charge in [-0.15, -0.1) is 11.8 Å². The van der Waals surface area contributed by atoms with Gasteiger partial charge in [0.05, 0.1) is 0 Å². The summed E-state index contributed by atoms with van der Waals surface area (Å²) in [5.74, 6) is 6.58. The Kier molecular flexibility index (Phi) is 2.79. The van der Waals surface area contributed by atoms with E-state index < -0.39 is 0 Å². The van der Waals surface area contributed by atoms with Crippen LogP contribution in [0.15, 0.2) is 23.1 Å². The molecule has 1 aromatic carbocycles. The van der Waals surface area contributed by atoms with Crippen LogP contribution >= 0.6 is 23.4 Å². The standard InChI is InChI=1S/C9H11ClN2S/c10-6-1-2-9-7(5-6)8(12-11)3-4-13-9/h1-2,5,8,12H,3-4,11H2/t8-/m0/s1. The fraction of sp³-hybridized carbons (Fsp3) is 0.333. The molecule has 0 amide bonds. The molecule has 0 saturated heterocycles. The van der Waals surface area contributed by atoms with Crippen molar-refractivity contribution >= 4 is 23.4 Å². The first kappa shape index (κ1) is 9.34. The lowest BCUT2D eigenvalue weighted by atomic mass is 10.0. The van der Waals surface area contributed by atoms with E-state index in [0.29, 0.717) is 0 Å². The van der Waals surface area contributed by atoms with Crippen LogP contribution in [-0.2, 0) is 0 Å². The molecule has 4 heteroatoms. The largest absolute Gasteiger partial charge is 0.271 e. The van der Waals surface area contributed by atoms with Gasteiger partial charge in [-0.05, 0) is 35.9 Å². The van der Waals surface area contributed by atoms with Crippen LogP contribution < -0.4 is 11.3 Å². The minimum atomic E-state index is 0.259. The van der Waals surface area contributed by atoms with Crippen LogP contribution in [-0.4, -0.2) is 5.75 Å². The zero-order valence-corrected chi connectivity index (χ0v) is 8.66. The fourth-order valence-electron chi connectivity index (χ4n) is 1.54. The van der Waals surface area contributed by atoms with E-state index in [2.05, 4.69) is 11.5 Å². The molecule has 0 unspecified atom stereocenters. The normalized spacial score (nSPS) is 21.2. The molecule has 1 heterocycles. The average molecular weight is 215 g/mol. The lowest BCUT2D eigenvalue weighted by Gasteiger charge is -2.24. The SMILES string of the molecule is NN[C@H]1CCSc2ccc(Cl)cc21. The highest BCUT2D eigenvalue weighted by Gasteiger charge is 2.19. The molecule has 13 heavy (non-hydrogen) atoms. The third-order valence-electron chi connectivity index (χ3n) is 2.21. The van der Waals surface area contributed by atoms with Gasteiger partial charge in [-0.1, -0.05) is 11.6 Å². The Balaban J connectivity index is 2.41. The average Bonchev–Trinajstić information content (AvgIpc) is 2.17. The third kappa shape index (κ3) is 1.83. The lowest BCUT2D eigenvalue weighted by molar-refractivity contribution is 0.529. The number of halogens is 1. The van der Waals surface area contributed by atoms with Gasteiger partial charge < -0.3 is 0 Å². The number of rotatable bonds is 1. The number of hydrogen-bond donors (Lipinski definition) is 2. The van der Waals surface area contributed by atoms with Crippen molar-refractivity contribution in [2.45, 2.75) is 17.4 Å². The summed E-state index contributed by atoms with van der Waals surface area (Å²) in [5, 5.41) is 0.779. The third-order valence-corrected chi connectivity index (χ3v) is 3.57. The minimum absolute atomic E-state index is 0.259. The van der Waals surface area contributed by atoms with Crippen LogP contribution in [0.3, 0.4) is 0 Å². The van der Waals surface area contributed by atoms with Gasteiger partial charge in [0.2, 0.25) is 0 Å². The highest BCUT2D eigenvalue weighted by molar-refractivity contribution is 7.99. The molecule has 70 valence electrons. The minimum Gasteiger partial charge on any atom is -0.271 e. The van der Waals surface area contributed by atoms with E-state index in [1.165, 1.54) is 10.5 Å². The number of fused-ring (bicyclic) bond motifs is 1. The summed E-state index contributed by atoms with van der Waals surface area (Å²) < 4.78 is 0. The molecule has 1 aromatic rings. The molecule has 0 aromatic heterocycles. The van der Waals surface area contributed by atoms with E-state index in [0.717, 1.165) is 17.2 Å². The number of nitrogens with one attached hydrogen (secondary N) is 1. The summed E-state index contributed by atoms with van der Waals surface area (Å²) in [6, 6.07) is 6.24. The highest BCUT2D eigenvalue weighted by Crippen LogP contribution is 2.36. The van der Waals surface area contributed by atoms with E-state index in [1.54, 1.807) is 0 Å². The second-order valence-corrected chi connectivity index (χ2v) is 4.61. The second kappa shape index (κ2) is 3.88. The smallest absolute Gasteiger partial charge is 0.0479 e. The van der Waals surface area contributed by atoms with Crippen LogP contribution in [0.2, 0.25) is 5.02 Å². The molecule has 0 aliphatic carbocycles. The van der Waals surface area contributed by atoms with Crippen molar-refractivity contribution < 1.29 is 0 Å². The molecule has 0 radical (unpaired) electrons. The van der Waals surface area contributed by atoms with Gasteiger partial charge in [0.25, 0.3) is 0 Å². The molecule has 0 bridgehead atoms. The molecular formula is C9H11ClN2S. The van der Waals surface area contributed by atoms with Crippen LogP contribution in [0.25, 0.3) is 0 Å². The van der Waals surface area contributed by atoms with Crippen molar-refractivity contribution in [3.05, 3.63) is 28.8 Å². The molecule has 1 aliphatic rings. The van der Waals surface area contributed by atoms with Gasteiger partial charge in [-0.25, -0.2) is 0 Å². The van der Waals surface area contributed by atoms with Crippen molar-refractivity contribution in [3.8, 4) is 0 Å². The monoisotopic (exact) mass is 214 g/mol. The first-order valence-electron chi connectivity index (χ1n) is 4.19. The van der Waals surface area contributed by atoms with Crippen molar-refractivity contribution in [3.63, 3.8) is 0 Å². The van der Waals surface area contributed by atoms with Crippen LogP contribution in [0.4, 0.5) is 0 Å². The van der Waals surface area contributed by atoms with Gasteiger partial charge in [0.15, 0.2) is 0 Å². The van der Waals surface area contributed by atoms with Crippen molar-refractivity contribution in [1.82, 2.24) is 5.43 Å². The summed E-state index contributed by atoms with van der Waals surface area (Å²) in [6.45, 7) is 0. The zero-order chi connectivity index (χ0) is 9.26. The Morgan fingerprint density at radius 2 is 2.38 bits per heavy atom. The summed E-state index contributed by atoms with van der Waals surface area (Å²) >= 11 is 7.78. The molecule has 1 aliphatic heterocycles. The predicted molar refractivity (Wildman–Crippen MR) is 56.9 cm³/mol. The van der Waals surface area contributed by atoms with Crippen molar-refractivity contribution in [1.29, 1.82) is 0 Å². The Labute approximate surface area is 86.8 Å². The molecule has 2 nitrogen and oxygen atoms in total. The Morgan fingerprint density at radius 3 is 3.15 bits per heavy atom. The van der Waals surface area contributed by atoms with Crippen LogP contribution in [0, 0.1) is 0 Å². The maximum absolute atomic E-state index is 5.92. The van der Waals surface area contributed by atoms with E-state index in [1.807, 2.05) is 23.9 Å². The summed E-state index contributed by atoms with van der Waals surface area (Å²) in [5.41, 5.74) is 4.04. The van der Waals surface area contributed by atoms with Gasteiger partial charge in [0.1, 0.15) is 0 Å². The molecule has 1 atom stereocenters. The van der Waals surface area contributed by atoms with Gasteiger partial charge in [-0.3, -0.25) is 11.3 Å². The molecule has 0 saturated carbocycles. The number of hydrogen-bond acceptors (Lipinski definition) is 3. The first-order valence-corrected chi connectivity index (χ1v) is 5.56. The van der Waals surface area contributed by atoms with E-state index in [-0.39, 0.29) is 6.04 Å². The molecule has 2 rings (SSSR count). The summed E-state index contributed by atoms with van der Waals surface area (Å²) in [4.78, 5) is 1.29. The van der Waals surface area contributed by atoms with Crippen LogP contribution in [0.1, 0.15) is 18.0 Å². The Morgan fingerprint density at radius 1 is 1.54 bits per heavy atom. The lowest BCUT2D eigenvalue weighted by Crippen LogP contribution is -2.30. The van der Waals surface area contributed by atoms with Gasteiger partial charge in [-0.2, -0.15) is 0 Å². The van der Waals surface area contributed by atoms with Gasteiger partial charge >= 0.3 is 0 Å². The predicted octanol–water partition coefficient (Wildman–Crippen LogP) is 2.34. The van der Waals surface area contributed by atoms with Crippen molar-refractivity contribution in [2.75, 3.05) is 5.75 Å². The van der Waals surface area contributed by atoms with E-state index in [4.69, 9.17) is 17.4 Å². The topological polar surface area (TPSA) is 38.0 Å². The Hall–Kier alpha value is -0.220. The second-order valence-electron chi connectivity index (χ2n) is 3.04. The van der Waals surface area contributed by atoms with Gasteiger partial charge in [0, 0.05) is 16.0 Å². The summed E-state index contributed by atoms with van der Waals surface area (Å²) in [6.07, 6.45) is 1.06. The first-order chi connectivity index (χ1) is 6.31. The summed E-state index contributed by atoms with van der Waals surface area (Å²) in [7, 11) is 0. The molecule has 3 N–H and O–H groups in total.